The molecule has 9 heteroatoms. The predicted octanol–water partition coefficient (Wildman–Crippen LogP) is 3.25. The van der Waals surface area contributed by atoms with Gasteiger partial charge in [-0.05, 0) is 44.2 Å². The molecule has 142 valence electrons. The summed E-state index contributed by atoms with van der Waals surface area (Å²) in [6.07, 6.45) is 2.65. The Kier molecular flexibility index (Phi) is 5.21. The third-order valence-corrected chi connectivity index (χ3v) is 6.14. The molecule has 0 saturated heterocycles. The molecular weight excluding hydrogens is 388 g/mol. The monoisotopic (exact) mass is 406 g/mol. The number of hydrogen-bond donors (Lipinski definition) is 2. The molecule has 0 saturated carbocycles. The van der Waals surface area contributed by atoms with Crippen molar-refractivity contribution in [3.8, 4) is 0 Å². The summed E-state index contributed by atoms with van der Waals surface area (Å²) in [5.74, 6) is 0.251. The van der Waals surface area contributed by atoms with Crippen molar-refractivity contribution in [3.05, 3.63) is 63.2 Å². The van der Waals surface area contributed by atoms with Crippen LogP contribution in [0.5, 0.6) is 0 Å². The largest absolute Gasteiger partial charge is 0.347 e. The van der Waals surface area contributed by atoms with Gasteiger partial charge in [0.1, 0.15) is 5.25 Å². The minimum atomic E-state index is -3.27. The molecule has 0 aliphatic heterocycles. The van der Waals surface area contributed by atoms with Crippen molar-refractivity contribution in [3.63, 3.8) is 0 Å². The maximum Gasteiger partial charge on any atom is 0.253 e. The summed E-state index contributed by atoms with van der Waals surface area (Å²) in [7, 11) is -3.27. The van der Waals surface area contributed by atoms with E-state index in [1.54, 1.807) is 44.2 Å². The molecule has 2 heterocycles. The van der Waals surface area contributed by atoms with Crippen molar-refractivity contribution >= 4 is 38.3 Å². The molecule has 0 amide bonds. The molecule has 7 nitrogen and oxygen atoms in total. The normalized spacial score (nSPS) is 14.1. The fraction of sp³-hybridized carbons (Fsp3) is 0.278. The van der Waals surface area contributed by atoms with E-state index in [1.165, 1.54) is 6.20 Å². The van der Waals surface area contributed by atoms with Gasteiger partial charge in [-0.2, -0.15) is 0 Å². The molecule has 0 fully saturated rings. The van der Waals surface area contributed by atoms with Gasteiger partial charge in [-0.3, -0.25) is 4.79 Å². The third-order valence-electron chi connectivity index (χ3n) is 4.38. The SMILES string of the molecule is CC(Nc1nccc(C(C)S(C)(=O)=O)n1)c1cc2cc(Cl)ccc2[nH]c1=O. The molecule has 0 spiro atoms. The summed E-state index contributed by atoms with van der Waals surface area (Å²) >= 11 is 6.03. The molecule has 3 aromatic rings. The van der Waals surface area contributed by atoms with Crippen molar-refractivity contribution in [1.29, 1.82) is 0 Å². The quantitative estimate of drug-likeness (QED) is 0.673. The van der Waals surface area contributed by atoms with E-state index in [4.69, 9.17) is 11.6 Å². The molecule has 2 atom stereocenters. The maximum absolute atomic E-state index is 12.4. The van der Waals surface area contributed by atoms with Crippen LogP contribution in [0, 0.1) is 0 Å². The van der Waals surface area contributed by atoms with Gasteiger partial charge in [0.15, 0.2) is 9.84 Å². The van der Waals surface area contributed by atoms with Crippen molar-refractivity contribution in [1.82, 2.24) is 15.0 Å². The summed E-state index contributed by atoms with van der Waals surface area (Å²) in [4.78, 5) is 23.6. The average Bonchev–Trinajstić information content (AvgIpc) is 2.60. The number of benzene rings is 1. The first-order valence-electron chi connectivity index (χ1n) is 8.26. The molecular formula is C18H19ClN4O3S. The van der Waals surface area contributed by atoms with Crippen molar-refractivity contribution in [2.24, 2.45) is 0 Å². The van der Waals surface area contributed by atoms with Crippen LogP contribution in [0.3, 0.4) is 0 Å². The molecule has 0 radical (unpaired) electrons. The Bertz CT molecular complexity index is 1160. The summed E-state index contributed by atoms with van der Waals surface area (Å²) in [6, 6.07) is 8.16. The Hall–Kier alpha value is -2.45. The summed E-state index contributed by atoms with van der Waals surface area (Å²) in [5.41, 5.74) is 1.35. The number of rotatable bonds is 5. The van der Waals surface area contributed by atoms with Crippen LogP contribution in [-0.4, -0.2) is 29.6 Å². The highest BCUT2D eigenvalue weighted by Gasteiger charge is 2.20. The number of aromatic nitrogens is 3. The van der Waals surface area contributed by atoms with E-state index in [2.05, 4.69) is 20.3 Å². The number of sulfone groups is 1. The van der Waals surface area contributed by atoms with Gasteiger partial charge >= 0.3 is 0 Å². The number of hydrogen-bond acceptors (Lipinski definition) is 6. The van der Waals surface area contributed by atoms with Crippen molar-refractivity contribution in [2.75, 3.05) is 11.6 Å². The van der Waals surface area contributed by atoms with E-state index < -0.39 is 21.1 Å². The van der Waals surface area contributed by atoms with Gasteiger partial charge in [0.2, 0.25) is 5.95 Å². The molecule has 2 N–H and O–H groups in total. The molecule has 0 aliphatic carbocycles. The standard InChI is InChI=1S/C18H19ClN4O3S/c1-10(14-9-12-8-13(19)4-5-16(12)22-17(14)24)21-18-20-7-6-15(23-18)11(2)27(3,25)26/h4-11H,1-3H3,(H,22,24)(H,20,21,23). The van der Waals surface area contributed by atoms with E-state index in [0.717, 1.165) is 11.6 Å². The number of aromatic amines is 1. The zero-order chi connectivity index (χ0) is 19.8. The Morgan fingerprint density at radius 2 is 1.93 bits per heavy atom. The van der Waals surface area contributed by atoms with Crippen LogP contribution < -0.4 is 10.9 Å². The highest BCUT2D eigenvalue weighted by atomic mass is 35.5. The molecule has 3 rings (SSSR count). The lowest BCUT2D eigenvalue weighted by molar-refractivity contribution is 0.591. The van der Waals surface area contributed by atoms with Gasteiger partial charge < -0.3 is 10.3 Å². The molecule has 2 aromatic heterocycles. The predicted molar refractivity (Wildman–Crippen MR) is 107 cm³/mol. The van der Waals surface area contributed by atoms with Gasteiger partial charge in [0, 0.05) is 33.9 Å². The minimum Gasteiger partial charge on any atom is -0.347 e. The summed E-state index contributed by atoms with van der Waals surface area (Å²) in [5, 5.41) is 3.69. The van der Waals surface area contributed by atoms with Gasteiger partial charge in [-0.1, -0.05) is 11.6 Å². The Labute approximate surface area is 161 Å². The Morgan fingerprint density at radius 3 is 2.63 bits per heavy atom. The highest BCUT2D eigenvalue weighted by Crippen LogP contribution is 2.22. The second-order valence-electron chi connectivity index (χ2n) is 6.43. The summed E-state index contributed by atoms with van der Waals surface area (Å²) < 4.78 is 23.5. The van der Waals surface area contributed by atoms with Gasteiger partial charge in [0.05, 0.1) is 11.7 Å². The number of fused-ring (bicyclic) bond motifs is 1. The Balaban J connectivity index is 1.92. The smallest absolute Gasteiger partial charge is 0.253 e. The fourth-order valence-corrected chi connectivity index (χ4v) is 3.43. The summed E-state index contributed by atoms with van der Waals surface area (Å²) in [6.45, 7) is 3.37. The highest BCUT2D eigenvalue weighted by molar-refractivity contribution is 7.90. The van der Waals surface area contributed by atoms with Gasteiger partial charge in [-0.25, -0.2) is 18.4 Å². The minimum absolute atomic E-state index is 0.231. The fourth-order valence-electron chi connectivity index (χ4n) is 2.68. The zero-order valence-electron chi connectivity index (χ0n) is 15.0. The Morgan fingerprint density at radius 1 is 1.19 bits per heavy atom. The van der Waals surface area contributed by atoms with Gasteiger partial charge in [0.25, 0.3) is 5.56 Å². The van der Waals surface area contributed by atoms with E-state index in [0.29, 0.717) is 21.8 Å². The average molecular weight is 407 g/mol. The number of anilines is 1. The molecule has 2 unspecified atom stereocenters. The van der Waals surface area contributed by atoms with Crippen molar-refractivity contribution in [2.45, 2.75) is 25.1 Å². The van der Waals surface area contributed by atoms with Crippen LogP contribution in [0.1, 0.15) is 36.4 Å². The lowest BCUT2D eigenvalue weighted by Gasteiger charge is -2.15. The van der Waals surface area contributed by atoms with Crippen LogP contribution in [0.2, 0.25) is 5.02 Å². The first-order valence-corrected chi connectivity index (χ1v) is 10.6. The van der Waals surface area contributed by atoms with Crippen LogP contribution >= 0.6 is 11.6 Å². The zero-order valence-corrected chi connectivity index (χ0v) is 16.6. The van der Waals surface area contributed by atoms with Crippen LogP contribution in [0.25, 0.3) is 10.9 Å². The van der Waals surface area contributed by atoms with E-state index in [-0.39, 0.29) is 11.5 Å². The molecule has 1 aromatic carbocycles. The van der Waals surface area contributed by atoms with E-state index in [1.807, 2.05) is 0 Å². The van der Waals surface area contributed by atoms with Crippen LogP contribution in [0.15, 0.2) is 41.3 Å². The van der Waals surface area contributed by atoms with Gasteiger partial charge in [-0.15, -0.1) is 0 Å². The number of H-pyrrole nitrogens is 1. The van der Waals surface area contributed by atoms with E-state index >= 15 is 0 Å². The number of halogens is 1. The lowest BCUT2D eigenvalue weighted by atomic mass is 10.1. The third kappa shape index (κ3) is 4.28. The molecule has 27 heavy (non-hydrogen) atoms. The molecule has 0 bridgehead atoms. The van der Waals surface area contributed by atoms with Crippen molar-refractivity contribution < 1.29 is 8.42 Å². The lowest BCUT2D eigenvalue weighted by Crippen LogP contribution is -2.20. The second kappa shape index (κ2) is 7.28. The molecule has 0 aliphatic rings. The first-order chi connectivity index (χ1) is 12.6. The second-order valence-corrected chi connectivity index (χ2v) is 9.23. The number of nitrogens with one attached hydrogen (secondary N) is 2. The number of nitrogens with zero attached hydrogens (tertiary/aromatic N) is 2. The van der Waals surface area contributed by atoms with E-state index in [9.17, 15) is 13.2 Å². The topological polar surface area (TPSA) is 105 Å². The van der Waals surface area contributed by atoms with Crippen LogP contribution in [-0.2, 0) is 9.84 Å². The first kappa shape index (κ1) is 19.3. The number of pyridine rings is 1. The van der Waals surface area contributed by atoms with Crippen LogP contribution in [0.4, 0.5) is 5.95 Å². The maximum atomic E-state index is 12.4.